The molecule has 1 amide bonds. The normalized spacial score (nSPS) is 23.7. The number of piperidine rings is 1. The smallest absolute Gasteiger partial charge is 0.419 e. The Balaban J connectivity index is 1.96. The fourth-order valence-electron chi connectivity index (χ4n) is 2.81. The minimum absolute atomic E-state index is 0.190. The monoisotopic (exact) mass is 318 g/mol. The first-order valence-corrected chi connectivity index (χ1v) is 7.44. The van der Waals surface area contributed by atoms with Gasteiger partial charge in [-0.3, -0.25) is 0 Å². The third-order valence-corrected chi connectivity index (χ3v) is 4.13. The predicted molar refractivity (Wildman–Crippen MR) is 81.9 cm³/mol. The highest BCUT2D eigenvalue weighted by atomic mass is 16.6. The fraction of sp³-hybridized carbons (Fsp3) is 0.500. The maximum Gasteiger partial charge on any atom is 0.419 e. The number of benzene rings is 1. The van der Waals surface area contributed by atoms with E-state index in [1.807, 2.05) is 30.3 Å². The number of methoxy groups -OCH3 is 1. The molecule has 0 aliphatic carbocycles. The van der Waals surface area contributed by atoms with E-state index in [0.717, 1.165) is 5.56 Å². The minimum atomic E-state index is -1.30. The van der Waals surface area contributed by atoms with Gasteiger partial charge in [-0.2, -0.15) is 0 Å². The van der Waals surface area contributed by atoms with Crippen molar-refractivity contribution in [2.75, 3.05) is 13.7 Å². The number of ether oxygens (including phenoxy) is 2. The van der Waals surface area contributed by atoms with E-state index < -0.39 is 17.6 Å². The number of carbonyl (C=O) groups is 2. The molecule has 0 spiro atoms. The third-order valence-electron chi connectivity index (χ3n) is 4.13. The van der Waals surface area contributed by atoms with Crippen molar-refractivity contribution < 1.29 is 19.1 Å². The molecular formula is C16H20N3O4+. The molecule has 1 fully saturated rings. The molecule has 1 aliphatic heterocycles. The van der Waals surface area contributed by atoms with Crippen molar-refractivity contribution in [2.45, 2.75) is 38.0 Å². The van der Waals surface area contributed by atoms with Crippen LogP contribution in [0.1, 0.15) is 25.3 Å². The summed E-state index contributed by atoms with van der Waals surface area (Å²) in [7, 11) is 1.25. The van der Waals surface area contributed by atoms with Gasteiger partial charge < -0.3 is 14.4 Å². The van der Waals surface area contributed by atoms with Gasteiger partial charge in [0.15, 0.2) is 0 Å². The summed E-state index contributed by atoms with van der Waals surface area (Å²) < 4.78 is 10.0. The number of amides is 1. The summed E-state index contributed by atoms with van der Waals surface area (Å²) in [6.07, 6.45) is -0.0601. The van der Waals surface area contributed by atoms with E-state index in [4.69, 9.17) is 9.47 Å². The SMILES string of the molecule is COC(=O)[C@@]1([N+]#N)CCN(C(=O)OCc2ccccc2)[C@@H](C)C1. The number of nitrogens with zero attached hydrogens (tertiary/aromatic N) is 3. The highest BCUT2D eigenvalue weighted by molar-refractivity contribution is 5.83. The molecule has 0 radical (unpaired) electrons. The molecule has 0 unspecified atom stereocenters. The van der Waals surface area contributed by atoms with Gasteiger partial charge in [0.05, 0.1) is 20.0 Å². The van der Waals surface area contributed by atoms with Gasteiger partial charge in [-0.15, -0.1) is 0 Å². The molecule has 2 atom stereocenters. The minimum Gasteiger partial charge on any atom is -0.463 e. The lowest BCUT2D eigenvalue weighted by Gasteiger charge is -2.34. The zero-order valence-electron chi connectivity index (χ0n) is 13.3. The van der Waals surface area contributed by atoms with Gasteiger partial charge in [0, 0.05) is 12.6 Å². The van der Waals surface area contributed by atoms with Gasteiger partial charge in [0.1, 0.15) is 11.6 Å². The Bertz CT molecular complexity index is 614. The number of esters is 1. The molecule has 122 valence electrons. The standard InChI is InChI=1S/C16H20N3O4/c1-12-10-16(18-17,14(20)22-2)8-9-19(12)15(21)23-11-13-6-4-3-5-7-13/h3-7,12H,8-11H2,1-2H3/q+1/t12-,16+/m0/s1. The van der Waals surface area contributed by atoms with Crippen molar-refractivity contribution >= 4 is 12.1 Å². The van der Waals surface area contributed by atoms with Gasteiger partial charge in [-0.25, -0.2) is 9.59 Å². The first-order chi connectivity index (χ1) is 11.0. The average molecular weight is 318 g/mol. The lowest BCUT2D eigenvalue weighted by Crippen LogP contribution is -2.53. The fourth-order valence-corrected chi connectivity index (χ4v) is 2.81. The molecule has 1 saturated heterocycles. The zero-order valence-corrected chi connectivity index (χ0v) is 13.3. The van der Waals surface area contributed by atoms with E-state index in [2.05, 4.69) is 4.98 Å². The summed E-state index contributed by atoms with van der Waals surface area (Å²) in [5.74, 6) is -0.593. The van der Waals surface area contributed by atoms with Crippen LogP contribution >= 0.6 is 0 Å². The van der Waals surface area contributed by atoms with Crippen LogP contribution in [0.25, 0.3) is 4.98 Å². The lowest BCUT2D eigenvalue weighted by molar-refractivity contribution is -0.147. The van der Waals surface area contributed by atoms with Crippen LogP contribution in [0.2, 0.25) is 0 Å². The molecule has 7 nitrogen and oxygen atoms in total. The van der Waals surface area contributed by atoms with Crippen LogP contribution in [-0.2, 0) is 20.9 Å². The van der Waals surface area contributed by atoms with Crippen LogP contribution < -0.4 is 0 Å². The largest absolute Gasteiger partial charge is 0.463 e. The Morgan fingerprint density at radius 1 is 1.39 bits per heavy atom. The number of carbonyl (C=O) groups excluding carboxylic acids is 2. The van der Waals surface area contributed by atoms with Crippen molar-refractivity contribution in [2.24, 2.45) is 0 Å². The summed E-state index contributed by atoms with van der Waals surface area (Å²) >= 11 is 0. The van der Waals surface area contributed by atoms with Crippen molar-refractivity contribution in [1.29, 1.82) is 5.39 Å². The summed E-state index contributed by atoms with van der Waals surface area (Å²) in [6, 6.07) is 9.09. The van der Waals surface area contributed by atoms with Crippen LogP contribution in [0.3, 0.4) is 0 Å². The highest BCUT2D eigenvalue weighted by Crippen LogP contribution is 2.32. The quantitative estimate of drug-likeness (QED) is 0.632. The van der Waals surface area contributed by atoms with Crippen molar-refractivity contribution in [3.63, 3.8) is 0 Å². The molecule has 1 aromatic rings. The molecule has 23 heavy (non-hydrogen) atoms. The number of hydrogen-bond donors (Lipinski definition) is 0. The van der Waals surface area contributed by atoms with E-state index in [0.29, 0.717) is 0 Å². The molecule has 1 heterocycles. The van der Waals surface area contributed by atoms with E-state index in [1.54, 1.807) is 6.92 Å². The van der Waals surface area contributed by atoms with Crippen molar-refractivity contribution in [3.8, 4) is 0 Å². The van der Waals surface area contributed by atoms with E-state index in [1.165, 1.54) is 12.0 Å². The van der Waals surface area contributed by atoms with E-state index in [9.17, 15) is 15.0 Å². The molecule has 0 saturated carbocycles. The van der Waals surface area contributed by atoms with Crippen LogP contribution in [-0.4, -0.2) is 42.2 Å². The molecule has 0 bridgehead atoms. The van der Waals surface area contributed by atoms with E-state index >= 15 is 0 Å². The zero-order chi connectivity index (χ0) is 16.9. The Kier molecular flexibility index (Phi) is 5.16. The Hall–Kier alpha value is -2.62. The maximum atomic E-state index is 12.2. The molecule has 2 rings (SSSR count). The van der Waals surface area contributed by atoms with Crippen molar-refractivity contribution in [1.82, 2.24) is 4.90 Å². The molecule has 7 heteroatoms. The first kappa shape index (κ1) is 16.7. The second-order valence-electron chi connectivity index (χ2n) is 5.66. The predicted octanol–water partition coefficient (Wildman–Crippen LogP) is 2.57. The summed E-state index contributed by atoms with van der Waals surface area (Å²) in [5.41, 5.74) is -0.399. The summed E-state index contributed by atoms with van der Waals surface area (Å²) in [6.45, 7) is 2.23. The Morgan fingerprint density at radius 2 is 2.09 bits per heavy atom. The average Bonchev–Trinajstić information content (AvgIpc) is 2.59. The second-order valence-corrected chi connectivity index (χ2v) is 5.66. The van der Waals surface area contributed by atoms with Gasteiger partial charge in [-0.05, 0) is 12.5 Å². The van der Waals surface area contributed by atoms with Crippen LogP contribution in [0.15, 0.2) is 30.3 Å². The maximum absolute atomic E-state index is 12.2. The number of hydrogen-bond acceptors (Lipinski definition) is 5. The van der Waals surface area contributed by atoms with Crippen LogP contribution in [0, 0.1) is 5.39 Å². The third kappa shape index (κ3) is 3.59. The summed E-state index contributed by atoms with van der Waals surface area (Å²) in [4.78, 5) is 28.8. The Labute approximate surface area is 134 Å². The van der Waals surface area contributed by atoms with Gasteiger partial charge >= 0.3 is 17.6 Å². The first-order valence-electron chi connectivity index (χ1n) is 7.44. The molecule has 0 aromatic heterocycles. The van der Waals surface area contributed by atoms with Crippen LogP contribution in [0.5, 0.6) is 0 Å². The second kappa shape index (κ2) is 7.09. The highest BCUT2D eigenvalue weighted by Gasteiger charge is 2.58. The number of rotatable bonds is 3. The molecule has 1 aromatic carbocycles. The van der Waals surface area contributed by atoms with Crippen molar-refractivity contribution in [3.05, 3.63) is 40.9 Å². The molecule has 1 aliphatic rings. The van der Waals surface area contributed by atoms with Crippen LogP contribution in [0.4, 0.5) is 4.79 Å². The molecule has 0 N–H and O–H groups in total. The lowest BCUT2D eigenvalue weighted by atomic mass is 9.84. The van der Waals surface area contributed by atoms with Gasteiger partial charge in [-0.1, -0.05) is 30.3 Å². The Morgan fingerprint density at radius 3 is 2.65 bits per heavy atom. The van der Waals surface area contributed by atoms with Gasteiger partial charge in [0.25, 0.3) is 0 Å². The number of diazo groups is 1. The van der Waals surface area contributed by atoms with Gasteiger partial charge in [0.2, 0.25) is 5.39 Å². The van der Waals surface area contributed by atoms with E-state index in [-0.39, 0.29) is 32.0 Å². The number of likely N-dealkylation sites (tertiary alicyclic amines) is 1. The summed E-state index contributed by atoms with van der Waals surface area (Å²) in [5, 5.41) is 9.23. The topological polar surface area (TPSA) is 84.0 Å². The molecular weight excluding hydrogens is 298 g/mol.